The summed E-state index contributed by atoms with van der Waals surface area (Å²) in [4.78, 5) is 13.7. The van der Waals surface area contributed by atoms with Crippen molar-refractivity contribution < 1.29 is 19.0 Å². The van der Waals surface area contributed by atoms with Crippen LogP contribution < -0.4 is 4.74 Å². The Balaban J connectivity index is 1.43. The van der Waals surface area contributed by atoms with Crippen LogP contribution in [0.2, 0.25) is 0 Å². The molecule has 48 heavy (non-hydrogen) atoms. The Morgan fingerprint density at radius 3 is 2.08 bits per heavy atom. The van der Waals surface area contributed by atoms with Gasteiger partial charge in [0.1, 0.15) is 5.75 Å². The Labute approximate surface area is 287 Å². The van der Waals surface area contributed by atoms with E-state index in [1.807, 2.05) is 78.9 Å². The molecule has 4 aromatic rings. The summed E-state index contributed by atoms with van der Waals surface area (Å²) in [6, 6.07) is 36.4. The molecule has 1 heterocycles. The Morgan fingerprint density at radius 2 is 1.52 bits per heavy atom. The van der Waals surface area contributed by atoms with Gasteiger partial charge >= 0.3 is 0 Å². The Bertz CT molecular complexity index is 1530. The molecule has 248 valence electrons. The maximum Gasteiger partial charge on any atom is 0.236 e. The minimum absolute atomic E-state index is 0.0826. The van der Waals surface area contributed by atoms with Gasteiger partial charge in [-0.15, -0.1) is 6.58 Å². The second-order valence-electron chi connectivity index (χ2n) is 12.4. The van der Waals surface area contributed by atoms with Crippen LogP contribution in [0.25, 0.3) is 0 Å². The number of hydrogen-bond acceptors (Lipinski definition) is 4. The first kappa shape index (κ1) is 34.9. The molecule has 0 amide bonds. The van der Waals surface area contributed by atoms with Crippen molar-refractivity contribution in [1.29, 1.82) is 0 Å². The number of ether oxygens (including phenoxy) is 3. The van der Waals surface area contributed by atoms with Crippen LogP contribution in [0.5, 0.6) is 5.75 Å². The standard InChI is InChI=1S/C44H48O4/c1-3-5-9-28-38(47-43-33-18-19-34-46-43)29-16-17-31-41(45)39-30-20-32-42(40(39)21-4-2)48-44(35-22-10-6-11-23-35,36-24-12-7-13-25-36)37-26-14-8-15-27-37/h4,6-8,10-15,20,22-27,30,32,38,43H,2-3,5,9,16,18-19,21,28-29,33-34H2,1H3/t38-,43?/m0/s1. The van der Waals surface area contributed by atoms with Crippen LogP contribution in [0.15, 0.2) is 122 Å². The molecule has 1 aliphatic heterocycles. The van der Waals surface area contributed by atoms with Crippen molar-refractivity contribution in [3.8, 4) is 17.6 Å². The topological polar surface area (TPSA) is 44.8 Å². The first-order chi connectivity index (χ1) is 23.7. The van der Waals surface area contributed by atoms with Crippen molar-refractivity contribution in [1.82, 2.24) is 0 Å². The van der Waals surface area contributed by atoms with Crippen LogP contribution in [0.4, 0.5) is 0 Å². The maximum atomic E-state index is 13.7. The van der Waals surface area contributed by atoms with E-state index in [1.165, 1.54) is 12.8 Å². The summed E-state index contributed by atoms with van der Waals surface area (Å²) in [7, 11) is 0. The molecule has 4 heteroatoms. The fourth-order valence-electron chi connectivity index (χ4n) is 6.47. The third kappa shape index (κ3) is 8.92. The van der Waals surface area contributed by atoms with Crippen molar-refractivity contribution in [2.75, 3.05) is 6.61 Å². The van der Waals surface area contributed by atoms with E-state index in [4.69, 9.17) is 14.2 Å². The van der Waals surface area contributed by atoms with Crippen LogP contribution in [0.3, 0.4) is 0 Å². The van der Waals surface area contributed by atoms with E-state index in [9.17, 15) is 4.79 Å². The molecule has 0 aliphatic carbocycles. The average molecular weight is 641 g/mol. The lowest BCUT2D eigenvalue weighted by Gasteiger charge is -2.37. The molecule has 0 saturated carbocycles. The predicted octanol–water partition coefficient (Wildman–Crippen LogP) is 10.2. The highest BCUT2D eigenvalue weighted by atomic mass is 16.7. The van der Waals surface area contributed by atoms with Crippen LogP contribution in [-0.4, -0.2) is 24.8 Å². The molecule has 0 bridgehead atoms. The first-order valence-electron chi connectivity index (χ1n) is 17.5. The molecule has 1 aliphatic rings. The predicted molar refractivity (Wildman–Crippen MR) is 194 cm³/mol. The van der Waals surface area contributed by atoms with Gasteiger partial charge in [0.2, 0.25) is 5.78 Å². The molecule has 1 unspecified atom stereocenters. The average Bonchev–Trinajstić information content (AvgIpc) is 3.14. The zero-order chi connectivity index (χ0) is 33.4. The van der Waals surface area contributed by atoms with Gasteiger partial charge in [0.25, 0.3) is 0 Å². The normalized spacial score (nSPS) is 15.1. The first-order valence-corrected chi connectivity index (χ1v) is 17.5. The van der Waals surface area contributed by atoms with Gasteiger partial charge in [0.15, 0.2) is 11.9 Å². The highest BCUT2D eigenvalue weighted by Crippen LogP contribution is 2.42. The zero-order valence-electron chi connectivity index (χ0n) is 28.2. The molecule has 0 N–H and O–H groups in total. The fourth-order valence-corrected chi connectivity index (χ4v) is 6.47. The zero-order valence-corrected chi connectivity index (χ0v) is 28.2. The number of ketones is 1. The highest BCUT2D eigenvalue weighted by Gasteiger charge is 2.39. The van der Waals surface area contributed by atoms with Crippen molar-refractivity contribution in [3.05, 3.63) is 150 Å². The van der Waals surface area contributed by atoms with Gasteiger partial charge in [-0.2, -0.15) is 0 Å². The molecule has 5 rings (SSSR count). The van der Waals surface area contributed by atoms with Gasteiger partial charge in [-0.25, -0.2) is 0 Å². The van der Waals surface area contributed by atoms with E-state index in [-0.39, 0.29) is 18.2 Å². The van der Waals surface area contributed by atoms with Crippen LogP contribution in [0, 0.1) is 11.8 Å². The molecular formula is C44H48O4. The molecule has 0 aromatic heterocycles. The number of rotatable bonds is 16. The van der Waals surface area contributed by atoms with E-state index >= 15 is 0 Å². The van der Waals surface area contributed by atoms with Crippen LogP contribution in [-0.2, 0) is 21.5 Å². The highest BCUT2D eigenvalue weighted by molar-refractivity contribution is 6.10. The lowest BCUT2D eigenvalue weighted by atomic mass is 9.80. The molecule has 1 saturated heterocycles. The summed E-state index contributed by atoms with van der Waals surface area (Å²) >= 11 is 0. The number of benzene rings is 4. The van der Waals surface area contributed by atoms with Crippen molar-refractivity contribution >= 4 is 5.78 Å². The molecule has 2 atom stereocenters. The molecular weight excluding hydrogens is 592 g/mol. The Hall–Kier alpha value is -4.43. The van der Waals surface area contributed by atoms with Gasteiger partial charge in [0.05, 0.1) is 6.10 Å². The van der Waals surface area contributed by atoms with E-state index in [0.29, 0.717) is 24.2 Å². The number of unbranched alkanes of at least 4 members (excludes halogenated alkanes) is 2. The quantitative estimate of drug-likeness (QED) is 0.0305. The summed E-state index contributed by atoms with van der Waals surface area (Å²) in [5, 5.41) is 0. The van der Waals surface area contributed by atoms with Crippen molar-refractivity contribution in [3.63, 3.8) is 0 Å². The summed E-state index contributed by atoms with van der Waals surface area (Å²) in [6.45, 7) is 6.99. The van der Waals surface area contributed by atoms with Gasteiger partial charge in [0, 0.05) is 40.8 Å². The van der Waals surface area contributed by atoms with Gasteiger partial charge in [-0.1, -0.05) is 135 Å². The van der Waals surface area contributed by atoms with E-state index in [1.54, 1.807) is 0 Å². The molecule has 4 aromatic carbocycles. The third-order valence-electron chi connectivity index (χ3n) is 8.94. The van der Waals surface area contributed by atoms with Crippen molar-refractivity contribution in [2.24, 2.45) is 0 Å². The lowest BCUT2D eigenvalue weighted by Crippen LogP contribution is -2.36. The number of Topliss-reactive ketones (excluding diaryl/α,β-unsaturated/α-hetero) is 1. The molecule has 4 nitrogen and oxygen atoms in total. The second-order valence-corrected chi connectivity index (χ2v) is 12.4. The van der Waals surface area contributed by atoms with Crippen LogP contribution >= 0.6 is 0 Å². The van der Waals surface area contributed by atoms with Gasteiger partial charge in [-0.05, 0) is 56.6 Å². The van der Waals surface area contributed by atoms with Crippen LogP contribution in [0.1, 0.15) is 97.3 Å². The van der Waals surface area contributed by atoms with E-state index < -0.39 is 5.60 Å². The minimum atomic E-state index is -0.970. The Morgan fingerprint density at radius 1 is 0.875 bits per heavy atom. The number of hydrogen-bond donors (Lipinski definition) is 0. The minimum Gasteiger partial charge on any atom is -0.473 e. The largest absolute Gasteiger partial charge is 0.473 e. The summed E-state index contributed by atoms with van der Waals surface area (Å²) in [5.41, 5.74) is 3.29. The molecule has 1 fully saturated rings. The number of carbonyl (C=O) groups excluding carboxylic acids is 1. The SMILES string of the molecule is C=CCc1c(OC(c2ccccc2)(c2ccccc2)c2ccccc2)cccc1C(=O)C#CCC[C@H](CCCCC)OC1CCCCO1. The smallest absolute Gasteiger partial charge is 0.236 e. The summed E-state index contributed by atoms with van der Waals surface area (Å²) in [5.74, 6) is 6.51. The maximum absolute atomic E-state index is 13.7. The lowest BCUT2D eigenvalue weighted by molar-refractivity contribution is -0.190. The number of allylic oxidation sites excluding steroid dienone is 1. The summed E-state index contributed by atoms with van der Waals surface area (Å²) < 4.78 is 19.4. The van der Waals surface area contributed by atoms with E-state index in [2.05, 4.69) is 61.7 Å². The monoisotopic (exact) mass is 640 g/mol. The number of carbonyl (C=O) groups is 1. The molecule has 0 spiro atoms. The van der Waals surface area contributed by atoms with Gasteiger partial charge < -0.3 is 14.2 Å². The van der Waals surface area contributed by atoms with Crippen molar-refractivity contribution in [2.45, 2.75) is 89.1 Å². The van der Waals surface area contributed by atoms with E-state index in [0.717, 1.165) is 67.4 Å². The molecule has 0 radical (unpaired) electrons. The second kappa shape index (κ2) is 18.2. The summed E-state index contributed by atoms with van der Waals surface area (Å²) in [6.07, 6.45) is 11.2. The fraction of sp³-hybridized carbons (Fsp3) is 0.341. The Kier molecular flexibility index (Phi) is 13.2. The third-order valence-corrected chi connectivity index (χ3v) is 8.94. The van der Waals surface area contributed by atoms with Gasteiger partial charge in [-0.3, -0.25) is 4.79 Å².